The van der Waals surface area contributed by atoms with Crippen molar-refractivity contribution in [2.24, 2.45) is 0 Å². The van der Waals surface area contributed by atoms with E-state index in [1.807, 2.05) is 62.8 Å². The molecule has 2 saturated carbocycles. The van der Waals surface area contributed by atoms with Crippen LogP contribution < -0.4 is 20.5 Å². The van der Waals surface area contributed by atoms with Gasteiger partial charge in [0.2, 0.25) is 0 Å². The quantitative estimate of drug-likeness (QED) is 0.0541. The van der Waals surface area contributed by atoms with Gasteiger partial charge in [0.1, 0.15) is 11.5 Å². The molecule has 4 aromatic carbocycles. The topological polar surface area (TPSA) is 98.8 Å². The Bertz CT molecular complexity index is 1880. The molecule has 9 heteroatoms. The standard InChI is InChI=1S/C35H53O2P.C12H10N.CH4O3S.Pd/c1-23(2)26-21-29(24(3)4)33(30(22-26)25(5)6)34-31(36-7)19-20-32(37-8)35(34)38(27-15-11-9-12-16-27)28-17-13-10-14-18-28;13-12-9-5-4-8-11(12)10-6-2-1-3-7-10;1-5(2,3)4;/h19-25,27-28H,9-18H2,1-8H3;1-6,8-9H,13H2;1H3,(H,2,3,4);/q;-1;;. The van der Waals surface area contributed by atoms with E-state index in [0.29, 0.717) is 24.0 Å². The van der Waals surface area contributed by atoms with Crippen molar-refractivity contribution in [3.05, 3.63) is 95.6 Å². The van der Waals surface area contributed by atoms with Crippen LogP contribution in [0.25, 0.3) is 22.3 Å². The zero-order chi connectivity index (χ0) is 41.0. The van der Waals surface area contributed by atoms with Gasteiger partial charge in [-0.3, -0.25) is 4.55 Å². The van der Waals surface area contributed by atoms with Crippen LogP contribution in [0.1, 0.15) is 140 Å². The Kier molecular flexibility index (Phi) is 19.8. The van der Waals surface area contributed by atoms with Crippen LogP contribution in [0.2, 0.25) is 0 Å². The zero-order valence-corrected chi connectivity index (χ0v) is 39.0. The van der Waals surface area contributed by atoms with Crippen LogP contribution in [-0.4, -0.2) is 44.8 Å². The minimum atomic E-state index is -3.67. The summed E-state index contributed by atoms with van der Waals surface area (Å²) in [6.07, 6.45) is 14.6. The summed E-state index contributed by atoms with van der Waals surface area (Å²) in [5.41, 5.74) is 17.5. The average molecular weight is 908 g/mol. The van der Waals surface area contributed by atoms with Crippen molar-refractivity contribution in [3.63, 3.8) is 0 Å². The predicted octanol–water partition coefficient (Wildman–Crippen LogP) is 12.8. The van der Waals surface area contributed by atoms with E-state index >= 15 is 0 Å². The molecule has 0 amide bonds. The number of benzene rings is 4. The van der Waals surface area contributed by atoms with Crippen molar-refractivity contribution in [1.82, 2.24) is 0 Å². The van der Waals surface area contributed by atoms with Crippen molar-refractivity contribution < 1.29 is 42.9 Å². The molecule has 0 aromatic heterocycles. The maximum Gasteiger partial charge on any atom is 0.261 e. The van der Waals surface area contributed by atoms with Crippen molar-refractivity contribution in [2.45, 2.75) is 135 Å². The van der Waals surface area contributed by atoms with Crippen LogP contribution in [0.5, 0.6) is 11.5 Å². The summed E-state index contributed by atoms with van der Waals surface area (Å²) in [5, 5.41) is 1.52. The monoisotopic (exact) mass is 906 g/mol. The van der Waals surface area contributed by atoms with Gasteiger partial charge in [0, 0.05) is 31.3 Å². The van der Waals surface area contributed by atoms with Gasteiger partial charge < -0.3 is 15.2 Å². The smallest absolute Gasteiger partial charge is 0.261 e. The fourth-order valence-electron chi connectivity index (χ4n) is 8.32. The van der Waals surface area contributed by atoms with Crippen molar-refractivity contribution in [1.29, 1.82) is 0 Å². The van der Waals surface area contributed by atoms with Gasteiger partial charge in [0.15, 0.2) is 0 Å². The average Bonchev–Trinajstić information content (AvgIpc) is 3.18. The molecule has 0 aliphatic heterocycles. The number of hydrogen-bond acceptors (Lipinski definition) is 5. The molecule has 2 aliphatic carbocycles. The van der Waals surface area contributed by atoms with Crippen LogP contribution in [0.15, 0.2) is 72.8 Å². The van der Waals surface area contributed by atoms with E-state index in [-0.39, 0.29) is 28.3 Å². The minimum Gasteiger partial charge on any atom is -0.496 e. The number of rotatable bonds is 10. The van der Waals surface area contributed by atoms with Crippen LogP contribution >= 0.6 is 7.92 Å². The van der Waals surface area contributed by atoms with Gasteiger partial charge in [-0.25, -0.2) is 0 Å². The molecule has 0 unspecified atom stereocenters. The van der Waals surface area contributed by atoms with Gasteiger partial charge in [-0.05, 0) is 101 Å². The van der Waals surface area contributed by atoms with Gasteiger partial charge in [0.05, 0.1) is 20.5 Å². The third kappa shape index (κ3) is 13.7. The molecule has 0 spiro atoms. The first-order chi connectivity index (χ1) is 26.7. The summed E-state index contributed by atoms with van der Waals surface area (Å²) in [7, 11) is -0.286. The van der Waals surface area contributed by atoms with E-state index in [2.05, 4.69) is 71.9 Å². The van der Waals surface area contributed by atoms with Gasteiger partial charge in [0.25, 0.3) is 10.1 Å². The number of nitrogens with two attached hydrogens (primary N) is 1. The largest absolute Gasteiger partial charge is 0.496 e. The first-order valence-corrected chi connectivity index (χ1v) is 23.9. The molecule has 0 bridgehead atoms. The first-order valence-electron chi connectivity index (χ1n) is 20.6. The number of methoxy groups -OCH3 is 2. The Morgan fingerprint density at radius 2 is 1.18 bits per heavy atom. The van der Waals surface area contributed by atoms with Gasteiger partial charge >= 0.3 is 0 Å². The van der Waals surface area contributed by atoms with E-state index in [0.717, 1.165) is 39.6 Å². The second-order valence-corrected chi connectivity index (χ2v) is 20.5. The van der Waals surface area contributed by atoms with Crippen LogP contribution in [-0.2, 0) is 30.5 Å². The van der Waals surface area contributed by atoms with Gasteiger partial charge in [-0.2, -0.15) is 8.42 Å². The van der Waals surface area contributed by atoms with Crippen LogP contribution in [0, 0.1) is 6.07 Å². The Morgan fingerprint density at radius 1 is 0.702 bits per heavy atom. The zero-order valence-electron chi connectivity index (χ0n) is 35.7. The van der Waals surface area contributed by atoms with E-state index in [4.69, 9.17) is 19.8 Å². The number of nitrogen functional groups attached to an aromatic ring is 1. The van der Waals surface area contributed by atoms with E-state index in [1.54, 1.807) is 0 Å². The summed E-state index contributed by atoms with van der Waals surface area (Å²) in [6.45, 7) is 14.1. The number of ether oxygens (including phenoxy) is 2. The molecule has 0 heterocycles. The fourth-order valence-corrected chi connectivity index (χ4v) is 12.4. The molecule has 3 N–H and O–H groups in total. The second kappa shape index (κ2) is 23.2. The van der Waals surface area contributed by atoms with Crippen LogP contribution in [0.4, 0.5) is 5.69 Å². The molecule has 2 fully saturated rings. The van der Waals surface area contributed by atoms with E-state index in [1.165, 1.54) is 97.3 Å². The molecule has 0 saturated heterocycles. The van der Waals surface area contributed by atoms with Crippen molar-refractivity contribution >= 4 is 29.0 Å². The Labute approximate surface area is 360 Å². The predicted molar refractivity (Wildman–Crippen MR) is 240 cm³/mol. The summed E-state index contributed by atoms with van der Waals surface area (Å²) >= 11 is 0. The normalized spacial score (nSPS) is 15.1. The SMILES string of the molecule is COc1ccc(OC)c(P(C2CCCCC2)C2CCCCC2)c1-c1c(C(C)C)cc(C(C)C)cc1C(C)C.CS(=O)(=O)O.Nc1ccccc1-c1[c-]cccc1.[Pd]. The molecule has 6 rings (SSSR count). The van der Waals surface area contributed by atoms with Gasteiger partial charge in [-0.1, -0.05) is 124 Å². The third-order valence-corrected chi connectivity index (χ3v) is 14.6. The first kappa shape index (κ1) is 48.6. The Morgan fingerprint density at radius 3 is 1.60 bits per heavy atom. The van der Waals surface area contributed by atoms with E-state index in [9.17, 15) is 8.42 Å². The van der Waals surface area contributed by atoms with Crippen molar-refractivity contribution in [3.8, 4) is 33.8 Å². The summed E-state index contributed by atoms with van der Waals surface area (Å²) < 4.78 is 38.4. The van der Waals surface area contributed by atoms with Gasteiger partial charge in [-0.15, -0.1) is 35.9 Å². The molecule has 6 nitrogen and oxygen atoms in total. The minimum absolute atomic E-state index is 0. The molecular weight excluding hydrogens is 840 g/mol. The Balaban J connectivity index is 0.000000377. The maximum atomic E-state index is 9.19. The van der Waals surface area contributed by atoms with Crippen molar-refractivity contribution in [2.75, 3.05) is 26.2 Å². The molecule has 0 radical (unpaired) electrons. The molecule has 4 aromatic rings. The molecule has 57 heavy (non-hydrogen) atoms. The summed E-state index contributed by atoms with van der Waals surface area (Å²) in [5.74, 6) is 3.50. The fraction of sp³-hybridized carbons (Fsp3) is 0.500. The van der Waals surface area contributed by atoms with Crippen LogP contribution in [0.3, 0.4) is 0 Å². The number of hydrogen-bond donors (Lipinski definition) is 2. The maximum absolute atomic E-state index is 9.19. The van der Waals surface area contributed by atoms with E-state index < -0.39 is 10.1 Å². The number of para-hydroxylation sites is 1. The second-order valence-electron chi connectivity index (χ2n) is 16.3. The molecular formula is C48H67NO5PPdS-. The molecule has 316 valence electrons. The Hall–Kier alpha value is -2.72. The third-order valence-electron chi connectivity index (χ3n) is 11.1. The molecule has 0 atom stereocenters. The summed E-state index contributed by atoms with van der Waals surface area (Å²) in [6, 6.07) is 28.2. The summed E-state index contributed by atoms with van der Waals surface area (Å²) in [4.78, 5) is 0. The molecule has 2 aliphatic rings. The number of anilines is 1.